The van der Waals surface area contributed by atoms with Crippen LogP contribution in [-0.4, -0.2) is 50.6 Å². The van der Waals surface area contributed by atoms with E-state index >= 15 is 0 Å². The molecule has 0 fully saturated rings. The van der Waals surface area contributed by atoms with E-state index in [-0.39, 0.29) is 5.91 Å². The van der Waals surface area contributed by atoms with E-state index < -0.39 is 0 Å². The van der Waals surface area contributed by atoms with Crippen LogP contribution in [0.3, 0.4) is 0 Å². The molecule has 0 spiro atoms. The van der Waals surface area contributed by atoms with Gasteiger partial charge >= 0.3 is 0 Å². The third-order valence-corrected chi connectivity index (χ3v) is 2.35. The van der Waals surface area contributed by atoms with E-state index in [1.807, 2.05) is 0 Å². The first kappa shape index (κ1) is 14.4. The Bertz CT molecular complexity index is 162. The van der Waals surface area contributed by atoms with Gasteiger partial charge in [-0.15, -0.1) is 0 Å². The van der Waals surface area contributed by atoms with Gasteiger partial charge in [-0.1, -0.05) is 20.3 Å². The summed E-state index contributed by atoms with van der Waals surface area (Å²) in [6.45, 7) is 8.37. The van der Waals surface area contributed by atoms with Crippen LogP contribution in [-0.2, 0) is 4.79 Å². The number of nitrogens with one attached hydrogen (secondary N) is 2. The Hall–Kier alpha value is -0.610. The molecule has 0 radical (unpaired) electrons. The third-order valence-electron chi connectivity index (χ3n) is 2.35. The zero-order valence-corrected chi connectivity index (χ0v) is 10.3. The second-order valence-corrected chi connectivity index (χ2v) is 3.78. The van der Waals surface area contributed by atoms with Gasteiger partial charge in [-0.25, -0.2) is 0 Å². The van der Waals surface area contributed by atoms with Crippen molar-refractivity contribution in [3.63, 3.8) is 0 Å². The minimum atomic E-state index is 0.0996. The van der Waals surface area contributed by atoms with Crippen molar-refractivity contribution >= 4 is 5.91 Å². The number of unbranched alkanes of at least 4 members (excludes halogenated alkanes) is 1. The second-order valence-electron chi connectivity index (χ2n) is 3.78. The number of amides is 1. The molecule has 0 aliphatic heterocycles. The zero-order chi connectivity index (χ0) is 11.5. The van der Waals surface area contributed by atoms with Crippen molar-refractivity contribution in [2.24, 2.45) is 0 Å². The number of rotatable bonds is 9. The molecule has 4 nitrogen and oxygen atoms in total. The minimum absolute atomic E-state index is 0.0996. The van der Waals surface area contributed by atoms with Gasteiger partial charge in [-0.3, -0.25) is 4.79 Å². The third kappa shape index (κ3) is 9.69. The van der Waals surface area contributed by atoms with Gasteiger partial charge in [0.25, 0.3) is 0 Å². The summed E-state index contributed by atoms with van der Waals surface area (Å²) in [5, 5.41) is 5.99. The smallest absolute Gasteiger partial charge is 0.233 e. The Morgan fingerprint density at radius 1 is 1.27 bits per heavy atom. The highest BCUT2D eigenvalue weighted by atomic mass is 16.1. The fourth-order valence-electron chi connectivity index (χ4n) is 1.10. The molecule has 0 aromatic carbocycles. The molecule has 0 aromatic rings. The van der Waals surface area contributed by atoms with Crippen LogP contribution in [0.1, 0.15) is 26.7 Å². The molecule has 90 valence electrons. The van der Waals surface area contributed by atoms with Gasteiger partial charge in [0.1, 0.15) is 0 Å². The normalized spacial score (nSPS) is 10.7. The zero-order valence-electron chi connectivity index (χ0n) is 10.3. The van der Waals surface area contributed by atoms with E-state index in [2.05, 4.69) is 36.4 Å². The summed E-state index contributed by atoms with van der Waals surface area (Å²) in [6, 6.07) is 0. The first-order valence-corrected chi connectivity index (χ1v) is 5.86. The maximum Gasteiger partial charge on any atom is 0.233 e. The average molecular weight is 215 g/mol. The molecular weight excluding hydrogens is 190 g/mol. The first-order valence-electron chi connectivity index (χ1n) is 5.86. The Balaban J connectivity index is 3.23. The lowest BCUT2D eigenvalue weighted by Gasteiger charge is -2.13. The Morgan fingerprint density at radius 3 is 2.60 bits per heavy atom. The van der Waals surface area contributed by atoms with Gasteiger partial charge in [-0.2, -0.15) is 0 Å². The van der Waals surface area contributed by atoms with Gasteiger partial charge in [0.05, 0.1) is 6.54 Å². The number of carbonyl (C=O) groups is 1. The lowest BCUT2D eigenvalue weighted by Crippen LogP contribution is -2.37. The highest BCUT2D eigenvalue weighted by Gasteiger charge is 1.99. The molecule has 0 saturated carbocycles. The number of nitrogens with zero attached hydrogens (tertiary/aromatic N) is 1. The number of hydrogen-bond acceptors (Lipinski definition) is 3. The summed E-state index contributed by atoms with van der Waals surface area (Å²) in [5.41, 5.74) is 0. The largest absolute Gasteiger partial charge is 0.355 e. The van der Waals surface area contributed by atoms with Crippen LogP contribution in [0, 0.1) is 0 Å². The molecule has 0 unspecified atom stereocenters. The summed E-state index contributed by atoms with van der Waals surface area (Å²) in [4.78, 5) is 13.5. The summed E-state index contributed by atoms with van der Waals surface area (Å²) >= 11 is 0. The lowest BCUT2D eigenvalue weighted by molar-refractivity contribution is -0.120. The van der Waals surface area contributed by atoms with E-state index in [1.54, 1.807) is 0 Å². The molecule has 1 amide bonds. The highest BCUT2D eigenvalue weighted by molar-refractivity contribution is 5.77. The molecule has 4 heteroatoms. The van der Waals surface area contributed by atoms with E-state index in [9.17, 15) is 4.79 Å². The SMILES string of the molecule is CCCCNC(=O)CNCCN(C)CC. The van der Waals surface area contributed by atoms with Crippen LogP contribution in [0.15, 0.2) is 0 Å². The minimum Gasteiger partial charge on any atom is -0.355 e. The van der Waals surface area contributed by atoms with Crippen molar-refractivity contribution < 1.29 is 4.79 Å². The van der Waals surface area contributed by atoms with Crippen molar-refractivity contribution in [3.8, 4) is 0 Å². The Labute approximate surface area is 93.4 Å². The average Bonchev–Trinajstić information content (AvgIpc) is 2.24. The maximum atomic E-state index is 11.2. The van der Waals surface area contributed by atoms with Crippen molar-refractivity contribution in [1.82, 2.24) is 15.5 Å². The van der Waals surface area contributed by atoms with Crippen molar-refractivity contribution in [1.29, 1.82) is 0 Å². The van der Waals surface area contributed by atoms with E-state index in [4.69, 9.17) is 0 Å². The molecule has 0 atom stereocenters. The van der Waals surface area contributed by atoms with Crippen LogP contribution in [0.25, 0.3) is 0 Å². The van der Waals surface area contributed by atoms with Crippen molar-refractivity contribution in [3.05, 3.63) is 0 Å². The number of hydrogen-bond donors (Lipinski definition) is 2. The Kier molecular flexibility index (Phi) is 9.52. The summed E-state index contributed by atoms with van der Waals surface area (Å²) < 4.78 is 0. The molecule has 0 rings (SSSR count). The first-order chi connectivity index (χ1) is 7.20. The van der Waals surface area contributed by atoms with E-state index in [0.717, 1.165) is 39.0 Å². The van der Waals surface area contributed by atoms with Crippen molar-refractivity contribution in [2.75, 3.05) is 39.8 Å². The van der Waals surface area contributed by atoms with Crippen LogP contribution in [0.2, 0.25) is 0 Å². The topological polar surface area (TPSA) is 44.4 Å². The summed E-state index contributed by atoms with van der Waals surface area (Å²) in [6.07, 6.45) is 2.18. The van der Waals surface area contributed by atoms with E-state index in [1.165, 1.54) is 0 Å². The fourth-order valence-corrected chi connectivity index (χ4v) is 1.10. The monoisotopic (exact) mass is 215 g/mol. The summed E-state index contributed by atoms with van der Waals surface area (Å²) in [7, 11) is 2.07. The fraction of sp³-hybridized carbons (Fsp3) is 0.909. The maximum absolute atomic E-state index is 11.2. The molecular formula is C11H25N3O. The van der Waals surface area contributed by atoms with Crippen LogP contribution in [0.5, 0.6) is 0 Å². The predicted molar refractivity (Wildman–Crippen MR) is 64.0 cm³/mol. The van der Waals surface area contributed by atoms with Crippen LogP contribution in [0.4, 0.5) is 0 Å². The molecule has 2 N–H and O–H groups in total. The van der Waals surface area contributed by atoms with Crippen molar-refractivity contribution in [2.45, 2.75) is 26.7 Å². The lowest BCUT2D eigenvalue weighted by atomic mass is 10.3. The predicted octanol–water partition coefficient (Wildman–Crippen LogP) is 0.444. The highest BCUT2D eigenvalue weighted by Crippen LogP contribution is 1.82. The van der Waals surface area contributed by atoms with Crippen LogP contribution < -0.4 is 10.6 Å². The quantitative estimate of drug-likeness (QED) is 0.549. The second kappa shape index (κ2) is 9.93. The van der Waals surface area contributed by atoms with Gasteiger partial charge in [0, 0.05) is 19.6 Å². The molecule has 0 aromatic heterocycles. The molecule has 0 aliphatic carbocycles. The van der Waals surface area contributed by atoms with Gasteiger partial charge in [-0.05, 0) is 20.0 Å². The molecule has 15 heavy (non-hydrogen) atoms. The molecule has 0 saturated heterocycles. The summed E-state index contributed by atoms with van der Waals surface area (Å²) in [5.74, 6) is 0.0996. The number of carbonyl (C=O) groups excluding carboxylic acids is 1. The Morgan fingerprint density at radius 2 is 2.00 bits per heavy atom. The van der Waals surface area contributed by atoms with Gasteiger partial charge in [0.2, 0.25) is 5.91 Å². The molecule has 0 heterocycles. The van der Waals surface area contributed by atoms with Gasteiger partial charge in [0.15, 0.2) is 0 Å². The standard InChI is InChI=1S/C11H25N3O/c1-4-6-7-13-11(15)10-12-8-9-14(3)5-2/h12H,4-10H2,1-3H3,(H,13,15). The number of likely N-dealkylation sites (N-methyl/N-ethyl adjacent to an activating group) is 1. The van der Waals surface area contributed by atoms with Gasteiger partial charge < -0.3 is 15.5 Å². The van der Waals surface area contributed by atoms with E-state index in [0.29, 0.717) is 6.54 Å². The molecule has 0 aliphatic rings. The molecule has 0 bridgehead atoms. The van der Waals surface area contributed by atoms with Crippen LogP contribution >= 0.6 is 0 Å².